The Balaban J connectivity index is 1.86. The summed E-state index contributed by atoms with van der Waals surface area (Å²) < 4.78 is 23.7. The Kier molecular flexibility index (Phi) is 6.09. The van der Waals surface area contributed by atoms with E-state index in [1.54, 1.807) is 36.4 Å². The number of hydrogen-bond acceptors (Lipinski definition) is 5. The van der Waals surface area contributed by atoms with Gasteiger partial charge in [-0.3, -0.25) is 10.1 Å². The fourth-order valence-corrected chi connectivity index (χ4v) is 3.14. The second kappa shape index (κ2) is 8.70. The molecule has 7 heteroatoms. The van der Waals surface area contributed by atoms with E-state index in [-0.39, 0.29) is 23.7 Å². The average Bonchev–Trinajstić information content (AvgIpc) is 2.73. The predicted octanol–water partition coefficient (Wildman–Crippen LogP) is 4.69. The van der Waals surface area contributed by atoms with E-state index in [4.69, 9.17) is 9.47 Å². The van der Waals surface area contributed by atoms with Gasteiger partial charge in [-0.15, -0.1) is 0 Å². The van der Waals surface area contributed by atoms with Crippen molar-refractivity contribution in [3.05, 3.63) is 87.7 Å². The first-order valence-electron chi connectivity index (χ1n) is 8.86. The normalized spacial score (nSPS) is 11.7. The standard InChI is InChI=1S/C22H20FNO5/c1-28-21-12-17(19(24(26)27)13-22(21)29-2)11-20(25)15-8-6-14(7-9-15)16-4-3-5-18(23)10-16/h3-10,12-13,20,25H,11H2,1-2H3. The smallest absolute Gasteiger partial charge is 0.276 e. The van der Waals surface area contributed by atoms with Crippen molar-refractivity contribution >= 4 is 5.69 Å². The van der Waals surface area contributed by atoms with Gasteiger partial charge in [0.05, 0.1) is 31.3 Å². The van der Waals surface area contributed by atoms with E-state index < -0.39 is 11.0 Å². The van der Waals surface area contributed by atoms with Gasteiger partial charge in [0.1, 0.15) is 5.82 Å². The molecular formula is C22H20FNO5. The number of rotatable bonds is 7. The molecule has 150 valence electrons. The highest BCUT2D eigenvalue weighted by molar-refractivity contribution is 5.63. The molecule has 3 rings (SSSR count). The van der Waals surface area contributed by atoms with Crippen LogP contribution in [0.15, 0.2) is 60.7 Å². The van der Waals surface area contributed by atoms with Crippen LogP contribution in [0.1, 0.15) is 17.2 Å². The molecule has 0 amide bonds. The lowest BCUT2D eigenvalue weighted by molar-refractivity contribution is -0.385. The van der Waals surface area contributed by atoms with E-state index in [1.807, 2.05) is 0 Å². The van der Waals surface area contributed by atoms with E-state index in [9.17, 15) is 19.6 Å². The molecule has 0 aliphatic heterocycles. The molecule has 29 heavy (non-hydrogen) atoms. The number of halogens is 1. The van der Waals surface area contributed by atoms with Crippen molar-refractivity contribution < 1.29 is 23.9 Å². The largest absolute Gasteiger partial charge is 0.493 e. The second-order valence-corrected chi connectivity index (χ2v) is 6.45. The summed E-state index contributed by atoms with van der Waals surface area (Å²) in [6.45, 7) is 0. The lowest BCUT2D eigenvalue weighted by Gasteiger charge is -2.14. The Morgan fingerprint density at radius 1 is 1.00 bits per heavy atom. The van der Waals surface area contributed by atoms with Crippen molar-refractivity contribution in [3.8, 4) is 22.6 Å². The molecule has 1 N–H and O–H groups in total. The molecule has 3 aromatic carbocycles. The van der Waals surface area contributed by atoms with E-state index >= 15 is 0 Å². The highest BCUT2D eigenvalue weighted by atomic mass is 19.1. The summed E-state index contributed by atoms with van der Waals surface area (Å²) in [7, 11) is 2.84. The Labute approximate surface area is 167 Å². The average molecular weight is 397 g/mol. The summed E-state index contributed by atoms with van der Waals surface area (Å²) in [6, 6.07) is 16.0. The molecule has 0 bridgehead atoms. The van der Waals surface area contributed by atoms with E-state index in [0.717, 1.165) is 11.1 Å². The molecule has 0 aliphatic carbocycles. The Bertz CT molecular complexity index is 1020. The van der Waals surface area contributed by atoms with Crippen molar-refractivity contribution in [1.82, 2.24) is 0 Å². The zero-order valence-corrected chi connectivity index (χ0v) is 16.0. The second-order valence-electron chi connectivity index (χ2n) is 6.45. The van der Waals surface area contributed by atoms with E-state index in [1.165, 1.54) is 38.5 Å². The van der Waals surface area contributed by atoms with Crippen molar-refractivity contribution in [3.63, 3.8) is 0 Å². The number of aliphatic hydroxyl groups is 1. The minimum absolute atomic E-state index is 0.0238. The minimum Gasteiger partial charge on any atom is -0.493 e. The molecular weight excluding hydrogens is 377 g/mol. The summed E-state index contributed by atoms with van der Waals surface area (Å²) in [5.41, 5.74) is 2.29. The van der Waals surface area contributed by atoms with Gasteiger partial charge >= 0.3 is 0 Å². The lowest BCUT2D eigenvalue weighted by Crippen LogP contribution is -2.05. The van der Waals surface area contributed by atoms with Gasteiger partial charge in [-0.1, -0.05) is 36.4 Å². The van der Waals surface area contributed by atoms with Crippen LogP contribution in [-0.2, 0) is 6.42 Å². The maximum atomic E-state index is 13.4. The van der Waals surface area contributed by atoms with Crippen molar-refractivity contribution in [1.29, 1.82) is 0 Å². The molecule has 1 atom stereocenters. The predicted molar refractivity (Wildman–Crippen MR) is 107 cm³/mol. The van der Waals surface area contributed by atoms with Crippen LogP contribution in [0.2, 0.25) is 0 Å². The van der Waals surface area contributed by atoms with Crippen molar-refractivity contribution in [2.24, 2.45) is 0 Å². The lowest BCUT2D eigenvalue weighted by atomic mass is 9.97. The molecule has 6 nitrogen and oxygen atoms in total. The zero-order valence-electron chi connectivity index (χ0n) is 16.0. The summed E-state index contributed by atoms with van der Waals surface area (Å²) in [5.74, 6) is 0.269. The van der Waals surface area contributed by atoms with Gasteiger partial charge in [0, 0.05) is 12.0 Å². The maximum Gasteiger partial charge on any atom is 0.276 e. The molecule has 3 aromatic rings. The number of methoxy groups -OCH3 is 2. The Morgan fingerprint density at radius 3 is 2.24 bits per heavy atom. The van der Waals surface area contributed by atoms with Gasteiger partial charge in [-0.2, -0.15) is 0 Å². The quantitative estimate of drug-likeness (QED) is 0.462. The number of aliphatic hydroxyl groups excluding tert-OH is 1. The molecule has 0 spiro atoms. The molecule has 0 saturated carbocycles. The Morgan fingerprint density at radius 2 is 1.66 bits per heavy atom. The summed E-state index contributed by atoms with van der Waals surface area (Å²) in [5, 5.41) is 22.1. The highest BCUT2D eigenvalue weighted by Gasteiger charge is 2.22. The van der Waals surface area contributed by atoms with Crippen LogP contribution in [0, 0.1) is 15.9 Å². The monoisotopic (exact) mass is 397 g/mol. The van der Waals surface area contributed by atoms with Crippen LogP contribution < -0.4 is 9.47 Å². The summed E-state index contributed by atoms with van der Waals surface area (Å²) >= 11 is 0. The first kappa shape index (κ1) is 20.3. The van der Waals surface area contributed by atoms with Gasteiger partial charge in [0.25, 0.3) is 5.69 Å². The third kappa shape index (κ3) is 4.52. The maximum absolute atomic E-state index is 13.4. The van der Waals surface area contributed by atoms with E-state index in [0.29, 0.717) is 16.9 Å². The first-order valence-corrected chi connectivity index (χ1v) is 8.86. The van der Waals surface area contributed by atoms with Gasteiger partial charge < -0.3 is 14.6 Å². The Hall–Kier alpha value is -3.45. The summed E-state index contributed by atoms with van der Waals surface area (Å²) in [6.07, 6.45) is -0.941. The number of nitrogens with zero attached hydrogens (tertiary/aromatic N) is 1. The van der Waals surface area contributed by atoms with Crippen LogP contribution in [0.5, 0.6) is 11.5 Å². The van der Waals surface area contributed by atoms with Gasteiger partial charge in [-0.05, 0) is 34.9 Å². The van der Waals surface area contributed by atoms with Gasteiger partial charge in [0.2, 0.25) is 0 Å². The third-order valence-corrected chi connectivity index (χ3v) is 4.65. The van der Waals surface area contributed by atoms with Crippen molar-refractivity contribution in [2.75, 3.05) is 14.2 Å². The zero-order chi connectivity index (χ0) is 21.0. The fourth-order valence-electron chi connectivity index (χ4n) is 3.14. The number of ether oxygens (including phenoxy) is 2. The topological polar surface area (TPSA) is 81.8 Å². The minimum atomic E-state index is -0.964. The number of hydrogen-bond donors (Lipinski definition) is 1. The van der Waals surface area contributed by atoms with Crippen LogP contribution in [-0.4, -0.2) is 24.2 Å². The molecule has 0 heterocycles. The van der Waals surface area contributed by atoms with Gasteiger partial charge in [-0.25, -0.2) is 4.39 Å². The van der Waals surface area contributed by atoms with Crippen LogP contribution in [0.25, 0.3) is 11.1 Å². The summed E-state index contributed by atoms with van der Waals surface area (Å²) in [4.78, 5) is 10.9. The number of nitro groups is 1. The SMILES string of the molecule is COc1cc(CC(O)c2ccc(-c3cccc(F)c3)cc2)c([N+](=O)[O-])cc1OC. The third-order valence-electron chi connectivity index (χ3n) is 4.65. The first-order chi connectivity index (χ1) is 13.9. The van der Waals surface area contributed by atoms with E-state index in [2.05, 4.69) is 0 Å². The highest BCUT2D eigenvalue weighted by Crippen LogP contribution is 2.36. The molecule has 0 aromatic heterocycles. The molecule has 0 saturated heterocycles. The molecule has 0 fully saturated rings. The molecule has 0 radical (unpaired) electrons. The van der Waals surface area contributed by atoms with Gasteiger partial charge in [0.15, 0.2) is 11.5 Å². The van der Waals surface area contributed by atoms with Crippen LogP contribution in [0.3, 0.4) is 0 Å². The number of nitro benzene ring substituents is 1. The molecule has 1 unspecified atom stereocenters. The fraction of sp³-hybridized carbons (Fsp3) is 0.182. The number of benzene rings is 3. The van der Waals surface area contributed by atoms with Crippen molar-refractivity contribution in [2.45, 2.75) is 12.5 Å². The van der Waals surface area contributed by atoms with Crippen LogP contribution >= 0.6 is 0 Å². The molecule has 0 aliphatic rings. The van der Waals surface area contributed by atoms with Crippen LogP contribution in [0.4, 0.5) is 10.1 Å².